The Kier molecular flexibility index (Phi) is 3.83. The van der Waals surface area contributed by atoms with Crippen LogP contribution in [0.2, 0.25) is 0 Å². The van der Waals surface area contributed by atoms with Crippen LogP contribution < -0.4 is 5.32 Å². The van der Waals surface area contributed by atoms with E-state index < -0.39 is 6.10 Å². The fraction of sp³-hybridized carbons (Fsp3) is 0.571. The van der Waals surface area contributed by atoms with E-state index in [1.165, 1.54) is 0 Å². The number of rotatable bonds is 2. The summed E-state index contributed by atoms with van der Waals surface area (Å²) in [5.74, 6) is 0.140. The molecule has 2 aromatic heterocycles. The molecule has 21 heavy (non-hydrogen) atoms. The fourth-order valence-corrected chi connectivity index (χ4v) is 2.69. The van der Waals surface area contributed by atoms with Crippen LogP contribution in [0.5, 0.6) is 0 Å². The van der Waals surface area contributed by atoms with Crippen molar-refractivity contribution in [3.05, 3.63) is 23.8 Å². The fourth-order valence-electron chi connectivity index (χ4n) is 2.69. The summed E-state index contributed by atoms with van der Waals surface area (Å²) in [6.45, 7) is 1.88. The van der Waals surface area contributed by atoms with Gasteiger partial charge in [-0.1, -0.05) is 19.3 Å². The zero-order valence-corrected chi connectivity index (χ0v) is 12.0. The Hall–Kier alpha value is -2.02. The van der Waals surface area contributed by atoms with Gasteiger partial charge in [-0.15, -0.1) is 5.10 Å². The van der Waals surface area contributed by atoms with E-state index in [1.54, 1.807) is 16.8 Å². The molecule has 0 bridgehead atoms. The molecule has 3 rings (SSSR count). The van der Waals surface area contributed by atoms with Gasteiger partial charge in [0.25, 0.3) is 11.7 Å². The van der Waals surface area contributed by atoms with E-state index in [0.29, 0.717) is 5.78 Å². The van der Waals surface area contributed by atoms with Crippen LogP contribution >= 0.6 is 0 Å². The number of aliphatic hydroxyl groups excluding tert-OH is 1. The lowest BCUT2D eigenvalue weighted by molar-refractivity contribution is 0.0809. The number of hydrogen-bond acceptors (Lipinski definition) is 5. The smallest absolute Gasteiger partial charge is 0.291 e. The van der Waals surface area contributed by atoms with E-state index >= 15 is 0 Å². The minimum absolute atomic E-state index is 0.0910. The minimum Gasteiger partial charge on any atom is -0.391 e. The number of hydrogen-bond donors (Lipinski definition) is 2. The van der Waals surface area contributed by atoms with Gasteiger partial charge in [0.05, 0.1) is 12.1 Å². The lowest BCUT2D eigenvalue weighted by Gasteiger charge is -2.20. The third-order valence-corrected chi connectivity index (χ3v) is 3.93. The maximum atomic E-state index is 12.3. The quantitative estimate of drug-likeness (QED) is 0.800. The topological polar surface area (TPSA) is 92.4 Å². The van der Waals surface area contributed by atoms with Crippen molar-refractivity contribution in [3.63, 3.8) is 0 Å². The van der Waals surface area contributed by atoms with Gasteiger partial charge < -0.3 is 10.4 Å². The normalized spacial score (nSPS) is 23.0. The summed E-state index contributed by atoms with van der Waals surface area (Å²) in [7, 11) is 0. The Morgan fingerprint density at radius 3 is 3.00 bits per heavy atom. The molecule has 7 heteroatoms. The summed E-state index contributed by atoms with van der Waals surface area (Å²) in [6, 6.07) is 1.58. The highest BCUT2D eigenvalue weighted by Gasteiger charge is 2.25. The SMILES string of the molecule is Cc1ccnc2nc(C(=O)NC3CCCCCC3O)nn12. The zero-order chi connectivity index (χ0) is 14.8. The number of nitrogens with one attached hydrogen (secondary N) is 1. The number of carbonyl (C=O) groups excluding carboxylic acids is 1. The second-order valence-corrected chi connectivity index (χ2v) is 5.52. The van der Waals surface area contributed by atoms with Crippen molar-refractivity contribution in [2.75, 3.05) is 0 Å². The molecule has 0 aromatic carbocycles. The second kappa shape index (κ2) is 5.77. The summed E-state index contributed by atoms with van der Waals surface area (Å²) < 4.78 is 1.54. The first kappa shape index (κ1) is 13.9. The maximum absolute atomic E-state index is 12.3. The maximum Gasteiger partial charge on any atom is 0.291 e. The van der Waals surface area contributed by atoms with E-state index in [9.17, 15) is 9.90 Å². The molecule has 2 unspecified atom stereocenters. The van der Waals surface area contributed by atoms with Crippen LogP contribution in [0, 0.1) is 6.92 Å². The van der Waals surface area contributed by atoms with Gasteiger partial charge in [0.15, 0.2) is 0 Å². The number of nitrogens with zero attached hydrogens (tertiary/aromatic N) is 4. The van der Waals surface area contributed by atoms with Gasteiger partial charge in [0.1, 0.15) is 0 Å². The van der Waals surface area contributed by atoms with Gasteiger partial charge in [-0.2, -0.15) is 4.98 Å². The molecule has 0 spiro atoms. The molecule has 2 N–H and O–H groups in total. The summed E-state index contributed by atoms with van der Waals surface area (Å²) in [4.78, 5) is 20.5. The van der Waals surface area contributed by atoms with Crippen molar-refractivity contribution in [2.45, 2.75) is 51.2 Å². The molecule has 0 saturated heterocycles. The lowest BCUT2D eigenvalue weighted by atomic mass is 10.1. The molecular formula is C14H19N5O2. The van der Waals surface area contributed by atoms with Crippen LogP contribution in [0.4, 0.5) is 0 Å². The summed E-state index contributed by atoms with van der Waals surface area (Å²) in [5, 5.41) is 17.1. The number of aliphatic hydroxyl groups is 1. The van der Waals surface area contributed by atoms with Gasteiger partial charge in [0.2, 0.25) is 5.82 Å². The van der Waals surface area contributed by atoms with Crippen molar-refractivity contribution in [1.29, 1.82) is 0 Å². The molecule has 0 aliphatic heterocycles. The highest BCUT2D eigenvalue weighted by Crippen LogP contribution is 2.18. The van der Waals surface area contributed by atoms with Crippen LogP contribution in [0.3, 0.4) is 0 Å². The Morgan fingerprint density at radius 1 is 1.38 bits per heavy atom. The first-order chi connectivity index (χ1) is 10.1. The zero-order valence-electron chi connectivity index (χ0n) is 12.0. The Bertz CT molecular complexity index is 654. The largest absolute Gasteiger partial charge is 0.391 e. The standard InChI is InChI=1S/C14H19N5O2/c1-9-7-8-15-14-17-12(18-19(9)14)13(21)16-10-5-3-2-4-6-11(10)20/h7-8,10-11,20H,2-6H2,1H3,(H,16,21). The Balaban J connectivity index is 1.78. The molecule has 2 aromatic rings. The Morgan fingerprint density at radius 2 is 2.19 bits per heavy atom. The molecule has 2 heterocycles. The van der Waals surface area contributed by atoms with Crippen LogP contribution in [-0.2, 0) is 0 Å². The summed E-state index contributed by atoms with van der Waals surface area (Å²) >= 11 is 0. The summed E-state index contributed by atoms with van der Waals surface area (Å²) in [6.07, 6.45) is 5.77. The van der Waals surface area contributed by atoms with Crippen molar-refractivity contribution in [1.82, 2.24) is 24.9 Å². The first-order valence-electron chi connectivity index (χ1n) is 7.32. The van der Waals surface area contributed by atoms with Crippen LogP contribution in [0.25, 0.3) is 5.78 Å². The molecule has 1 fully saturated rings. The number of fused-ring (bicyclic) bond motifs is 1. The third kappa shape index (κ3) is 2.87. The van der Waals surface area contributed by atoms with Gasteiger partial charge >= 0.3 is 0 Å². The predicted molar refractivity (Wildman–Crippen MR) is 75.9 cm³/mol. The molecule has 0 radical (unpaired) electrons. The number of aryl methyl sites for hydroxylation is 1. The van der Waals surface area contributed by atoms with Crippen LogP contribution in [-0.4, -0.2) is 42.7 Å². The molecule has 1 aliphatic rings. The van der Waals surface area contributed by atoms with Gasteiger partial charge in [0, 0.05) is 11.9 Å². The van der Waals surface area contributed by atoms with E-state index in [1.807, 2.05) is 6.92 Å². The number of amides is 1. The monoisotopic (exact) mass is 289 g/mol. The highest BCUT2D eigenvalue weighted by atomic mass is 16.3. The molecule has 1 aliphatic carbocycles. The molecule has 2 atom stereocenters. The molecule has 1 saturated carbocycles. The first-order valence-corrected chi connectivity index (χ1v) is 7.32. The molecular weight excluding hydrogens is 270 g/mol. The lowest BCUT2D eigenvalue weighted by Crippen LogP contribution is -2.43. The van der Waals surface area contributed by atoms with Gasteiger partial charge in [-0.05, 0) is 25.8 Å². The second-order valence-electron chi connectivity index (χ2n) is 5.52. The van der Waals surface area contributed by atoms with Crippen LogP contribution in [0.1, 0.15) is 48.4 Å². The average molecular weight is 289 g/mol. The van der Waals surface area contributed by atoms with Gasteiger partial charge in [-0.3, -0.25) is 4.79 Å². The third-order valence-electron chi connectivity index (χ3n) is 3.93. The van der Waals surface area contributed by atoms with E-state index in [2.05, 4.69) is 20.4 Å². The van der Waals surface area contributed by atoms with Gasteiger partial charge in [-0.25, -0.2) is 9.50 Å². The molecule has 7 nitrogen and oxygen atoms in total. The van der Waals surface area contributed by atoms with Crippen molar-refractivity contribution < 1.29 is 9.90 Å². The number of aromatic nitrogens is 4. The van der Waals surface area contributed by atoms with E-state index in [0.717, 1.165) is 37.8 Å². The van der Waals surface area contributed by atoms with Crippen LogP contribution in [0.15, 0.2) is 12.3 Å². The Labute approximate surface area is 122 Å². The van der Waals surface area contributed by atoms with Crippen molar-refractivity contribution >= 4 is 11.7 Å². The highest BCUT2D eigenvalue weighted by molar-refractivity contribution is 5.91. The number of carbonyl (C=O) groups is 1. The van der Waals surface area contributed by atoms with Crippen molar-refractivity contribution in [3.8, 4) is 0 Å². The minimum atomic E-state index is -0.492. The van der Waals surface area contributed by atoms with E-state index in [4.69, 9.17) is 0 Å². The predicted octanol–water partition coefficient (Wildman–Crippen LogP) is 0.856. The molecule has 112 valence electrons. The van der Waals surface area contributed by atoms with E-state index in [-0.39, 0.29) is 17.8 Å². The molecule has 1 amide bonds. The summed E-state index contributed by atoms with van der Waals surface area (Å²) in [5.41, 5.74) is 0.862. The van der Waals surface area contributed by atoms with Crippen molar-refractivity contribution in [2.24, 2.45) is 0 Å². The average Bonchev–Trinajstić information content (AvgIpc) is 2.81.